The Hall–Kier alpha value is -0.300. The quantitative estimate of drug-likeness (QED) is 0.314. The summed E-state index contributed by atoms with van der Waals surface area (Å²) in [6.07, 6.45) is 4.21. The second kappa shape index (κ2) is 8.81. The highest BCUT2D eigenvalue weighted by Gasteiger charge is 2.34. The summed E-state index contributed by atoms with van der Waals surface area (Å²) >= 11 is 12.8. The fourth-order valence-electron chi connectivity index (χ4n) is 3.67. The van der Waals surface area contributed by atoms with E-state index in [2.05, 4.69) is 12.5 Å². The molecule has 3 aliphatic heterocycles. The van der Waals surface area contributed by atoms with Crippen molar-refractivity contribution in [3.8, 4) is 42.5 Å². The molecule has 31 heavy (non-hydrogen) atoms. The maximum atomic E-state index is 6.13. The molecule has 0 atom stereocenters. The molecule has 3 aliphatic rings. The molecule has 3 aromatic rings. The molecular formula is C20H18O4S7. The lowest BCUT2D eigenvalue weighted by molar-refractivity contribution is 0.170. The van der Waals surface area contributed by atoms with Crippen molar-refractivity contribution < 1.29 is 18.9 Å². The topological polar surface area (TPSA) is 36.9 Å². The van der Waals surface area contributed by atoms with Crippen molar-refractivity contribution in [3.63, 3.8) is 0 Å². The highest BCUT2D eigenvalue weighted by Crippen LogP contribution is 2.63. The van der Waals surface area contributed by atoms with Gasteiger partial charge in [0.2, 0.25) is 0 Å². The smallest absolute Gasteiger partial charge is 0.186 e. The molecule has 0 spiro atoms. The summed E-state index contributed by atoms with van der Waals surface area (Å²) in [6, 6.07) is 0. The molecule has 0 aromatic carbocycles. The Morgan fingerprint density at radius 1 is 0.548 bits per heavy atom. The highest BCUT2D eigenvalue weighted by molar-refractivity contribution is 8.06. The Balaban J connectivity index is 1.55. The fourth-order valence-corrected chi connectivity index (χ4v) is 11.9. The number of hydrogen-bond donors (Lipinski definition) is 0. The van der Waals surface area contributed by atoms with Crippen LogP contribution in [0.2, 0.25) is 0 Å². The van der Waals surface area contributed by atoms with Crippen LogP contribution in [0.5, 0.6) is 23.0 Å². The molecule has 0 aliphatic carbocycles. The van der Waals surface area contributed by atoms with E-state index in [1.165, 1.54) is 37.7 Å². The molecule has 0 N–H and O–H groups in total. The summed E-state index contributed by atoms with van der Waals surface area (Å²) in [6.45, 7) is 2.44. The van der Waals surface area contributed by atoms with Crippen LogP contribution >= 0.6 is 81.1 Å². The number of hydrogen-bond acceptors (Lipinski definition) is 11. The van der Waals surface area contributed by atoms with E-state index in [1.54, 1.807) is 46.2 Å². The summed E-state index contributed by atoms with van der Waals surface area (Å²) in [5.74, 6) is 5.94. The molecule has 11 heteroatoms. The predicted molar refractivity (Wildman–Crippen MR) is 138 cm³/mol. The lowest BCUT2D eigenvalue weighted by Crippen LogP contribution is -2.14. The molecule has 0 fully saturated rings. The van der Waals surface area contributed by atoms with Crippen LogP contribution < -0.4 is 18.9 Å². The minimum atomic E-state index is 0.605. The van der Waals surface area contributed by atoms with Crippen LogP contribution in [0.3, 0.4) is 0 Å². The van der Waals surface area contributed by atoms with Gasteiger partial charge in [0.1, 0.15) is 34.8 Å². The Morgan fingerprint density at radius 2 is 0.968 bits per heavy atom. The van der Waals surface area contributed by atoms with Crippen LogP contribution in [-0.4, -0.2) is 50.4 Å². The first-order chi connectivity index (χ1) is 15.3. The molecule has 0 saturated carbocycles. The standard InChI is InChI=1S/C20H18O4S7/c1-25-19-11-9(21-3-5-23-11)13(30-19)17-15-16(28-8-7-27-15)18(29-17)14-10-12(20(26-2)31-14)24-6-4-22-10/h3-8H2,1-2H3. The minimum Gasteiger partial charge on any atom is -0.485 e. The van der Waals surface area contributed by atoms with E-state index in [0.29, 0.717) is 26.4 Å². The molecule has 4 nitrogen and oxygen atoms in total. The number of thiophene rings is 3. The molecule has 0 amide bonds. The third-order valence-corrected chi connectivity index (χ3v) is 13.8. The maximum Gasteiger partial charge on any atom is 0.186 e. The Morgan fingerprint density at radius 3 is 1.39 bits per heavy atom. The third kappa shape index (κ3) is 3.50. The fraction of sp³-hybridized carbons (Fsp3) is 0.400. The van der Waals surface area contributed by atoms with Gasteiger partial charge in [0.15, 0.2) is 23.0 Å². The average Bonchev–Trinajstić information content (AvgIpc) is 3.50. The van der Waals surface area contributed by atoms with Gasteiger partial charge in [-0.25, -0.2) is 0 Å². The van der Waals surface area contributed by atoms with Gasteiger partial charge in [0.05, 0.1) is 19.5 Å². The normalized spacial score (nSPS) is 17.0. The molecular weight excluding hydrogens is 529 g/mol. The van der Waals surface area contributed by atoms with Crippen molar-refractivity contribution >= 4 is 81.1 Å². The van der Waals surface area contributed by atoms with E-state index in [4.69, 9.17) is 18.9 Å². The summed E-state index contributed by atoms with van der Waals surface area (Å²) in [7, 11) is 0. The summed E-state index contributed by atoms with van der Waals surface area (Å²) in [5.41, 5.74) is 0. The van der Waals surface area contributed by atoms with Gasteiger partial charge in [-0.1, -0.05) is 0 Å². The second-order valence-corrected chi connectivity index (χ2v) is 14.1. The van der Waals surface area contributed by atoms with E-state index in [9.17, 15) is 0 Å². The van der Waals surface area contributed by atoms with E-state index < -0.39 is 0 Å². The van der Waals surface area contributed by atoms with Crippen molar-refractivity contribution in [2.75, 3.05) is 50.4 Å². The van der Waals surface area contributed by atoms with E-state index in [-0.39, 0.29) is 0 Å². The first-order valence-electron chi connectivity index (χ1n) is 9.66. The number of rotatable bonds is 4. The zero-order chi connectivity index (χ0) is 20.9. The van der Waals surface area contributed by atoms with Crippen molar-refractivity contribution in [2.24, 2.45) is 0 Å². The van der Waals surface area contributed by atoms with Crippen molar-refractivity contribution in [3.05, 3.63) is 0 Å². The zero-order valence-electron chi connectivity index (χ0n) is 16.7. The maximum absolute atomic E-state index is 6.13. The van der Waals surface area contributed by atoms with Gasteiger partial charge in [0, 0.05) is 21.3 Å². The molecule has 0 radical (unpaired) electrons. The van der Waals surface area contributed by atoms with Crippen LogP contribution in [0, 0.1) is 0 Å². The lowest BCUT2D eigenvalue weighted by atomic mass is 10.3. The molecule has 6 heterocycles. The largest absolute Gasteiger partial charge is 0.485 e. The Bertz CT molecular complexity index is 1060. The van der Waals surface area contributed by atoms with Crippen LogP contribution in [-0.2, 0) is 0 Å². The molecule has 0 unspecified atom stereocenters. The van der Waals surface area contributed by atoms with Crippen LogP contribution in [0.15, 0.2) is 18.2 Å². The molecule has 164 valence electrons. The Labute approximate surface area is 209 Å². The summed E-state index contributed by atoms with van der Waals surface area (Å²) < 4.78 is 26.6. The number of fused-ring (bicyclic) bond motifs is 3. The van der Waals surface area contributed by atoms with E-state index >= 15 is 0 Å². The lowest BCUT2D eigenvalue weighted by Gasteiger charge is -2.17. The van der Waals surface area contributed by atoms with Gasteiger partial charge < -0.3 is 18.9 Å². The van der Waals surface area contributed by atoms with Gasteiger partial charge in [-0.2, -0.15) is 0 Å². The Kier molecular flexibility index (Phi) is 6.04. The summed E-state index contributed by atoms with van der Waals surface area (Å²) in [5, 5.41) is 0. The van der Waals surface area contributed by atoms with Crippen LogP contribution in [0.25, 0.3) is 19.5 Å². The second-order valence-electron chi connectivity index (χ2n) is 6.67. The average molecular weight is 547 g/mol. The monoisotopic (exact) mass is 546 g/mol. The van der Waals surface area contributed by atoms with E-state index in [0.717, 1.165) is 34.5 Å². The van der Waals surface area contributed by atoms with Crippen molar-refractivity contribution in [1.82, 2.24) is 0 Å². The SMILES string of the molecule is CSc1sc(-c2sc(-c3sc(SC)c4c3OCCO4)c3c2SCCS3)c2c1OCCO2. The first kappa shape index (κ1) is 21.2. The van der Waals surface area contributed by atoms with Gasteiger partial charge >= 0.3 is 0 Å². The summed E-state index contributed by atoms with van der Waals surface area (Å²) in [4.78, 5) is 7.78. The first-order valence-corrected chi connectivity index (χ1v) is 16.5. The van der Waals surface area contributed by atoms with Gasteiger partial charge in [-0.3, -0.25) is 0 Å². The van der Waals surface area contributed by atoms with Crippen LogP contribution in [0.4, 0.5) is 0 Å². The minimum absolute atomic E-state index is 0.605. The van der Waals surface area contributed by atoms with Gasteiger partial charge in [-0.05, 0) is 12.5 Å². The molecule has 3 aromatic heterocycles. The molecule has 0 saturated heterocycles. The van der Waals surface area contributed by atoms with E-state index in [1.807, 2.05) is 34.9 Å². The molecule has 6 rings (SSSR count). The molecule has 0 bridgehead atoms. The highest BCUT2D eigenvalue weighted by atomic mass is 32.2. The van der Waals surface area contributed by atoms with Crippen LogP contribution in [0.1, 0.15) is 0 Å². The van der Waals surface area contributed by atoms with Crippen molar-refractivity contribution in [1.29, 1.82) is 0 Å². The number of thioether (sulfide) groups is 4. The third-order valence-electron chi connectivity index (χ3n) is 4.92. The predicted octanol–water partition coefficient (Wildman–Crippen LogP) is 7.39. The zero-order valence-corrected chi connectivity index (χ0v) is 22.4. The van der Waals surface area contributed by atoms with Gasteiger partial charge in [0.25, 0.3) is 0 Å². The van der Waals surface area contributed by atoms with Gasteiger partial charge in [-0.15, -0.1) is 81.1 Å². The number of ether oxygens (including phenoxy) is 4. The van der Waals surface area contributed by atoms with Crippen molar-refractivity contribution in [2.45, 2.75) is 18.2 Å².